The quantitative estimate of drug-likeness (QED) is 0.0349. The molecule has 0 atom stereocenters. The van der Waals surface area contributed by atoms with E-state index < -0.39 is 31.8 Å². The summed E-state index contributed by atoms with van der Waals surface area (Å²) < 4.78 is 57.5. The Morgan fingerprint density at radius 1 is 0.359 bits per heavy atom. The summed E-state index contributed by atoms with van der Waals surface area (Å²) in [7, 11) is -6.64. The fraction of sp³-hybridized carbons (Fsp3) is 0.196. The van der Waals surface area contributed by atoms with Crippen LogP contribution in [-0.4, -0.2) is 101 Å². The average molecular weight is 1980 g/mol. The normalized spacial score (nSPS) is 10.4. The molecule has 6 heterocycles. The topological polar surface area (TPSA) is 192 Å². The summed E-state index contributed by atoms with van der Waals surface area (Å²) in [6.07, 6.45) is 13.6. The van der Waals surface area contributed by atoms with Crippen LogP contribution < -0.4 is 10.4 Å². The molecule has 0 aliphatic heterocycles. The molecule has 0 saturated heterocycles. The number of aliphatic hydroxyl groups excluding tert-OH is 3. The molecule has 117 heavy (non-hydrogen) atoms. The van der Waals surface area contributed by atoms with E-state index in [2.05, 4.69) is 233 Å². The maximum Gasteiger partial charge on any atom is 3.00 e. The second kappa shape index (κ2) is 54.1. The van der Waals surface area contributed by atoms with Gasteiger partial charge in [-0.25, -0.2) is 0 Å². The minimum Gasteiger partial charge on any atom is -0.400 e. The predicted octanol–water partition coefficient (Wildman–Crippen LogP) is 21.9. The minimum absolute atomic E-state index is 0. The summed E-state index contributed by atoms with van der Waals surface area (Å²) >= 11 is 0. The van der Waals surface area contributed by atoms with E-state index in [1.807, 2.05) is 182 Å². The van der Waals surface area contributed by atoms with Gasteiger partial charge in [-0.3, -0.25) is 9.54 Å². The molecule has 0 aliphatic carbocycles. The van der Waals surface area contributed by atoms with Gasteiger partial charge in [0.15, 0.2) is 0 Å². The van der Waals surface area contributed by atoms with Crippen LogP contribution in [-0.2, 0) is 63.2 Å². The van der Waals surface area contributed by atoms with Crippen LogP contribution in [0.1, 0.15) is 45.7 Å². The molecule has 20 heteroatoms. The maximum absolute atomic E-state index is 10.7. The number of hydrogen-bond acceptors (Lipinski definition) is 11. The number of rotatable bonds is 14. The molecule has 8 aromatic carbocycles. The molecule has 1 radical (unpaired) electrons. The number of nitrogens with zero attached hydrogens (tertiary/aromatic N) is 6. The van der Waals surface area contributed by atoms with E-state index >= 15 is 0 Å². The summed E-state index contributed by atoms with van der Waals surface area (Å²) in [5.41, 5.74) is 14.7. The van der Waals surface area contributed by atoms with Gasteiger partial charge in [-0.05, 0) is 129 Å². The van der Waals surface area contributed by atoms with Crippen molar-refractivity contribution in [1.82, 2.24) is 29.9 Å². The third-order valence-electron chi connectivity index (χ3n) is 16.2. The Bertz CT molecular complexity index is 4490. The van der Waals surface area contributed by atoms with Gasteiger partial charge in [0, 0.05) is 83.7 Å². The number of aliphatic hydroxyl groups is 3. The van der Waals surface area contributed by atoms with Crippen LogP contribution in [0.5, 0.6) is 0 Å². The van der Waals surface area contributed by atoms with Crippen molar-refractivity contribution in [2.24, 2.45) is 11.8 Å². The van der Waals surface area contributed by atoms with Gasteiger partial charge < -0.3 is 40.2 Å². The molecule has 14 aromatic rings. The molecule has 14 rings (SSSR count). The van der Waals surface area contributed by atoms with Gasteiger partial charge in [0.1, 0.15) is 0 Å². The van der Waals surface area contributed by atoms with E-state index in [1.54, 1.807) is 31.7 Å². The zero-order chi connectivity index (χ0) is 84.1. The molecular formula is C97H104F3Ir2N6O6SSi2-2. The van der Waals surface area contributed by atoms with Crippen molar-refractivity contribution in [2.75, 3.05) is 20.8 Å². The van der Waals surface area contributed by atoms with Crippen molar-refractivity contribution in [3.63, 3.8) is 0 Å². The van der Waals surface area contributed by atoms with Crippen molar-refractivity contribution in [3.05, 3.63) is 364 Å². The summed E-state index contributed by atoms with van der Waals surface area (Å²) in [6, 6.07) is 111. The molecule has 0 fully saturated rings. The van der Waals surface area contributed by atoms with Gasteiger partial charge in [0.25, 0.3) is 0 Å². The molecule has 0 amide bonds. The van der Waals surface area contributed by atoms with Crippen molar-refractivity contribution >= 4 is 36.6 Å². The number of hydrogen-bond donors (Lipinski definition) is 4. The Morgan fingerprint density at radius 2 is 0.641 bits per heavy atom. The molecule has 0 spiro atoms. The van der Waals surface area contributed by atoms with Gasteiger partial charge in [-0.2, -0.15) is 21.6 Å². The Hall–Kier alpha value is -10.0. The van der Waals surface area contributed by atoms with Crippen molar-refractivity contribution < 1.29 is 81.7 Å². The SMILES string of the molecule is CC(C)Cc1cc(-c2[c-]ccc(-c3ccccc3)c2)ncc1[Si](C)(C)C.CC(C)Cc1cc(-c2cccc(-c3ccccc3)c2)ncc1[Si](C)(C)C.CCO.CO.CO.O=S(=O)(O)C(F)(F)F.[Ir+3].[Ir].[c-]1ccccc1-c1ccccn1.[c-]1ccccc1-c1ccccn1.[c-]1ccccc1-c1ccccn1.[c-]1ccccc1-c1ccccn1. The van der Waals surface area contributed by atoms with E-state index in [0.717, 1.165) is 89.0 Å². The van der Waals surface area contributed by atoms with Gasteiger partial charge in [-0.15, -0.1) is 179 Å². The smallest absolute Gasteiger partial charge is 0.400 e. The van der Waals surface area contributed by atoms with Crippen LogP contribution >= 0.6 is 0 Å². The van der Waals surface area contributed by atoms with Gasteiger partial charge in [-0.1, -0.05) is 206 Å². The first-order valence-corrected chi connectivity index (χ1v) is 45.9. The Morgan fingerprint density at radius 3 is 0.932 bits per heavy atom. The number of pyridine rings is 6. The van der Waals surface area contributed by atoms with E-state index in [-0.39, 0.29) is 46.8 Å². The van der Waals surface area contributed by atoms with Gasteiger partial charge in [0.05, 0.1) is 21.8 Å². The second-order valence-electron chi connectivity index (χ2n) is 28.2. The summed E-state index contributed by atoms with van der Waals surface area (Å²) in [4.78, 5) is 26.5. The van der Waals surface area contributed by atoms with Gasteiger partial charge in [0.2, 0.25) is 0 Å². The first-order valence-electron chi connectivity index (χ1n) is 37.5. The zero-order valence-electron chi connectivity index (χ0n) is 68.4. The van der Waals surface area contributed by atoms with Crippen LogP contribution in [0.3, 0.4) is 0 Å². The predicted molar refractivity (Wildman–Crippen MR) is 473 cm³/mol. The van der Waals surface area contributed by atoms with E-state index in [1.165, 1.54) is 49.3 Å². The van der Waals surface area contributed by atoms with Crippen molar-refractivity contribution in [3.8, 4) is 89.8 Å². The average Bonchev–Trinajstić information content (AvgIpc) is 0.801. The first kappa shape index (κ1) is 101. The van der Waals surface area contributed by atoms with Crippen molar-refractivity contribution in [2.45, 2.75) is 92.3 Å². The molecule has 0 bridgehead atoms. The monoisotopic (exact) mass is 1980 g/mol. The number of aromatic nitrogens is 6. The van der Waals surface area contributed by atoms with E-state index in [0.29, 0.717) is 11.8 Å². The molecule has 0 aliphatic rings. The Labute approximate surface area is 721 Å². The van der Waals surface area contributed by atoms with Crippen LogP contribution in [0.25, 0.3) is 89.8 Å². The molecule has 6 aromatic heterocycles. The van der Waals surface area contributed by atoms with Crippen molar-refractivity contribution in [1.29, 1.82) is 0 Å². The van der Waals surface area contributed by atoms with Crippen LogP contribution in [0.2, 0.25) is 39.3 Å². The largest absolute Gasteiger partial charge is 3.00 e. The molecule has 0 saturated carbocycles. The maximum atomic E-state index is 10.7. The molecule has 12 nitrogen and oxygen atoms in total. The van der Waals surface area contributed by atoms with Crippen LogP contribution in [0.15, 0.2) is 322 Å². The second-order valence-corrected chi connectivity index (χ2v) is 39.6. The third kappa shape index (κ3) is 36.6. The number of alkyl halides is 3. The fourth-order valence-electron chi connectivity index (χ4n) is 11.1. The van der Waals surface area contributed by atoms with E-state index in [4.69, 9.17) is 38.3 Å². The Kier molecular flexibility index (Phi) is 46.7. The zero-order valence-corrected chi connectivity index (χ0v) is 76.0. The van der Waals surface area contributed by atoms with E-state index in [9.17, 15) is 13.2 Å². The van der Waals surface area contributed by atoms with Crippen LogP contribution in [0.4, 0.5) is 13.2 Å². The molecule has 613 valence electrons. The minimum atomic E-state index is -5.84. The number of benzene rings is 8. The summed E-state index contributed by atoms with van der Waals surface area (Å²) in [5.74, 6) is 1.29. The molecule has 0 unspecified atom stereocenters. The third-order valence-corrected chi connectivity index (χ3v) is 20.9. The first-order chi connectivity index (χ1) is 55.2. The van der Waals surface area contributed by atoms with Gasteiger partial charge >= 0.3 is 35.7 Å². The fourth-order valence-corrected chi connectivity index (χ4v) is 14.3. The summed E-state index contributed by atoms with van der Waals surface area (Å²) in [5, 5.41) is 24.5. The Balaban J connectivity index is 0.000000360. The van der Waals surface area contributed by atoms with Crippen LogP contribution in [0, 0.1) is 42.2 Å². The summed E-state index contributed by atoms with van der Waals surface area (Å²) in [6.45, 7) is 25.5. The number of halogens is 3. The molecular weight excluding hydrogens is 1870 g/mol. The standard InChI is InChI=1S/C24H29NSi.C24H28NSi.4C11H8N.C2H6O.CHF3O3S.2CH4O.2Ir/c2*1-18(2)14-22-16-23(25-17-24(22)26(3,4)5)21-13-9-12-20(15-21)19-10-7-6-8-11-19;4*1-2-6-10(7-3-1)11-8-4-5-9-12-11;1-2-3;2-1(3,4)8(5,6)7;2*1-2;;/h6-13,15-18H,14H2,1-5H3;6-12,15-18H,14H2,1-5H3;4*1-6,8-9H;3H,2H2,1H3;(H,5,6,7);2*2H,1H3;;/q;5*-1;;;;;;+3. The molecule has 4 N–H and O–H groups in total.